The lowest BCUT2D eigenvalue weighted by molar-refractivity contribution is 0.736. The molecule has 1 N–H and O–H groups in total. The van der Waals surface area contributed by atoms with Gasteiger partial charge in [-0.1, -0.05) is 0 Å². The molecule has 0 saturated carbocycles. The van der Waals surface area contributed by atoms with E-state index in [1.165, 1.54) is 4.63 Å². The monoisotopic (exact) mass is 304 g/mol. The Labute approximate surface area is 131 Å². The fraction of sp³-hybridized carbons (Fsp3) is 0.0667. The standard InChI is InChI=1S/C15H12N8/c1-10-8-9-16-15(17-10)11-2-4-12(5-3-11)18-13-6-7-14-19-21-22-23(14)20-13/h2-9H,1H3,(H,18,20). The largest absolute Gasteiger partial charge is 0.339 e. The number of nitrogens with one attached hydrogen (secondary N) is 1. The molecule has 0 unspecified atom stereocenters. The van der Waals surface area contributed by atoms with Crippen LogP contribution in [0.15, 0.2) is 48.7 Å². The van der Waals surface area contributed by atoms with Crippen LogP contribution < -0.4 is 5.32 Å². The summed E-state index contributed by atoms with van der Waals surface area (Å²) in [7, 11) is 0. The van der Waals surface area contributed by atoms with Gasteiger partial charge in [-0.05, 0) is 59.8 Å². The van der Waals surface area contributed by atoms with Crippen LogP contribution in [0, 0.1) is 6.92 Å². The molecular formula is C15H12N8. The SMILES string of the molecule is Cc1ccnc(-c2ccc(Nc3ccc4nnnn4n3)cc2)n1. The first kappa shape index (κ1) is 13.3. The molecule has 8 nitrogen and oxygen atoms in total. The summed E-state index contributed by atoms with van der Waals surface area (Å²) in [6, 6.07) is 13.3. The van der Waals surface area contributed by atoms with E-state index in [9.17, 15) is 0 Å². The van der Waals surface area contributed by atoms with Crippen LogP contribution in [0.5, 0.6) is 0 Å². The maximum Gasteiger partial charge on any atom is 0.200 e. The number of tetrazole rings is 1. The van der Waals surface area contributed by atoms with E-state index in [0.29, 0.717) is 17.3 Å². The zero-order valence-electron chi connectivity index (χ0n) is 12.2. The van der Waals surface area contributed by atoms with Crippen molar-refractivity contribution in [2.75, 3.05) is 5.32 Å². The second-order valence-corrected chi connectivity index (χ2v) is 4.97. The molecule has 112 valence electrons. The Morgan fingerprint density at radius 3 is 2.70 bits per heavy atom. The molecule has 0 radical (unpaired) electrons. The second-order valence-electron chi connectivity index (χ2n) is 4.97. The lowest BCUT2D eigenvalue weighted by Gasteiger charge is -2.06. The number of nitrogens with zero attached hydrogens (tertiary/aromatic N) is 7. The molecule has 0 saturated heterocycles. The number of anilines is 2. The van der Waals surface area contributed by atoms with Gasteiger partial charge in [0.2, 0.25) is 0 Å². The van der Waals surface area contributed by atoms with E-state index in [2.05, 4.69) is 35.9 Å². The van der Waals surface area contributed by atoms with E-state index in [4.69, 9.17) is 0 Å². The lowest BCUT2D eigenvalue weighted by atomic mass is 10.2. The maximum atomic E-state index is 4.42. The molecule has 23 heavy (non-hydrogen) atoms. The molecule has 0 aliphatic carbocycles. The summed E-state index contributed by atoms with van der Waals surface area (Å²) >= 11 is 0. The van der Waals surface area contributed by atoms with Gasteiger partial charge in [-0.2, -0.15) is 0 Å². The number of aromatic nitrogens is 7. The maximum absolute atomic E-state index is 4.42. The fourth-order valence-corrected chi connectivity index (χ4v) is 2.15. The van der Waals surface area contributed by atoms with Crippen molar-refractivity contribution in [3.05, 3.63) is 54.4 Å². The van der Waals surface area contributed by atoms with Gasteiger partial charge in [0.05, 0.1) is 0 Å². The average molecular weight is 304 g/mol. The summed E-state index contributed by atoms with van der Waals surface area (Å²) in [4.78, 5) is 8.70. The molecule has 0 fully saturated rings. The number of benzene rings is 1. The molecule has 1 aromatic carbocycles. The van der Waals surface area contributed by atoms with E-state index in [1.807, 2.05) is 43.3 Å². The van der Waals surface area contributed by atoms with Gasteiger partial charge in [0, 0.05) is 23.1 Å². The Balaban J connectivity index is 1.58. The van der Waals surface area contributed by atoms with Crippen LogP contribution in [0.3, 0.4) is 0 Å². The minimum atomic E-state index is 0.600. The van der Waals surface area contributed by atoms with Crippen LogP contribution >= 0.6 is 0 Å². The van der Waals surface area contributed by atoms with E-state index in [-0.39, 0.29) is 0 Å². The van der Waals surface area contributed by atoms with Gasteiger partial charge in [0.15, 0.2) is 17.3 Å². The van der Waals surface area contributed by atoms with Crippen molar-refractivity contribution in [3.8, 4) is 11.4 Å². The highest BCUT2D eigenvalue weighted by Gasteiger charge is 2.04. The summed E-state index contributed by atoms with van der Waals surface area (Å²) in [6.45, 7) is 1.95. The summed E-state index contributed by atoms with van der Waals surface area (Å²) in [5.74, 6) is 1.37. The third-order valence-electron chi connectivity index (χ3n) is 3.28. The van der Waals surface area contributed by atoms with Crippen LogP contribution in [0.1, 0.15) is 5.69 Å². The van der Waals surface area contributed by atoms with Gasteiger partial charge in [0.25, 0.3) is 0 Å². The van der Waals surface area contributed by atoms with Crippen LogP contribution in [-0.4, -0.2) is 35.2 Å². The van der Waals surface area contributed by atoms with Gasteiger partial charge in [-0.3, -0.25) is 0 Å². The highest BCUT2D eigenvalue weighted by molar-refractivity contribution is 5.63. The summed E-state index contributed by atoms with van der Waals surface area (Å²) in [6.07, 6.45) is 1.76. The van der Waals surface area contributed by atoms with Gasteiger partial charge < -0.3 is 5.32 Å². The van der Waals surface area contributed by atoms with Crippen molar-refractivity contribution < 1.29 is 0 Å². The molecule has 0 aliphatic rings. The normalized spacial score (nSPS) is 10.8. The number of rotatable bonds is 3. The Bertz CT molecular complexity index is 961. The summed E-state index contributed by atoms with van der Waals surface area (Å²) in [5, 5.41) is 18.6. The molecule has 8 heteroatoms. The van der Waals surface area contributed by atoms with Crippen molar-refractivity contribution in [2.24, 2.45) is 0 Å². The van der Waals surface area contributed by atoms with Crippen molar-refractivity contribution in [3.63, 3.8) is 0 Å². The number of aryl methyl sites for hydroxylation is 1. The number of hydrogen-bond acceptors (Lipinski definition) is 7. The fourth-order valence-electron chi connectivity index (χ4n) is 2.15. The van der Waals surface area contributed by atoms with E-state index < -0.39 is 0 Å². The van der Waals surface area contributed by atoms with Crippen molar-refractivity contribution in [2.45, 2.75) is 6.92 Å². The topological polar surface area (TPSA) is 93.8 Å². The molecule has 4 rings (SSSR count). The van der Waals surface area contributed by atoms with Gasteiger partial charge >= 0.3 is 0 Å². The first-order valence-corrected chi connectivity index (χ1v) is 7.00. The molecule has 3 aromatic heterocycles. The third-order valence-corrected chi connectivity index (χ3v) is 3.28. The molecule has 0 bridgehead atoms. The average Bonchev–Trinajstić information content (AvgIpc) is 3.03. The predicted octanol–water partition coefficient (Wildman–Crippen LogP) is 2.03. The van der Waals surface area contributed by atoms with Crippen molar-refractivity contribution in [1.29, 1.82) is 0 Å². The van der Waals surface area contributed by atoms with E-state index >= 15 is 0 Å². The number of hydrogen-bond donors (Lipinski definition) is 1. The molecule has 3 heterocycles. The van der Waals surface area contributed by atoms with Crippen LogP contribution in [0.25, 0.3) is 17.0 Å². The molecule has 4 aromatic rings. The highest BCUT2D eigenvalue weighted by atomic mass is 15.6. The van der Waals surface area contributed by atoms with Gasteiger partial charge in [-0.25, -0.2) is 9.97 Å². The minimum absolute atomic E-state index is 0.600. The first-order valence-electron chi connectivity index (χ1n) is 7.00. The lowest BCUT2D eigenvalue weighted by Crippen LogP contribution is -2.00. The minimum Gasteiger partial charge on any atom is -0.339 e. The van der Waals surface area contributed by atoms with E-state index in [0.717, 1.165) is 16.9 Å². The van der Waals surface area contributed by atoms with Crippen LogP contribution in [-0.2, 0) is 0 Å². The summed E-state index contributed by atoms with van der Waals surface area (Å²) < 4.78 is 1.37. The Morgan fingerprint density at radius 1 is 1.00 bits per heavy atom. The zero-order chi connectivity index (χ0) is 15.6. The third kappa shape index (κ3) is 2.69. The van der Waals surface area contributed by atoms with Gasteiger partial charge in [-0.15, -0.1) is 14.8 Å². The predicted molar refractivity (Wildman–Crippen MR) is 84.1 cm³/mol. The van der Waals surface area contributed by atoms with E-state index in [1.54, 1.807) is 12.3 Å². The number of fused-ring (bicyclic) bond motifs is 1. The summed E-state index contributed by atoms with van der Waals surface area (Å²) in [5.41, 5.74) is 3.41. The Morgan fingerprint density at radius 2 is 1.87 bits per heavy atom. The smallest absolute Gasteiger partial charge is 0.200 e. The first-order chi connectivity index (χ1) is 11.3. The zero-order valence-corrected chi connectivity index (χ0v) is 12.2. The highest BCUT2D eigenvalue weighted by Crippen LogP contribution is 2.20. The Hall–Kier alpha value is -3.42. The molecule has 0 aliphatic heterocycles. The van der Waals surface area contributed by atoms with Crippen molar-refractivity contribution >= 4 is 17.2 Å². The molecule has 0 spiro atoms. The quantitative estimate of drug-likeness (QED) is 0.619. The van der Waals surface area contributed by atoms with Crippen molar-refractivity contribution in [1.82, 2.24) is 35.2 Å². The van der Waals surface area contributed by atoms with Crippen LogP contribution in [0.2, 0.25) is 0 Å². The molecule has 0 amide bonds. The Kier molecular flexibility index (Phi) is 3.12. The van der Waals surface area contributed by atoms with Crippen LogP contribution in [0.4, 0.5) is 11.5 Å². The molecular weight excluding hydrogens is 292 g/mol. The molecule has 0 atom stereocenters. The van der Waals surface area contributed by atoms with Gasteiger partial charge in [0.1, 0.15) is 0 Å². The second kappa shape index (κ2) is 5.41.